The van der Waals surface area contributed by atoms with Gasteiger partial charge in [0.1, 0.15) is 0 Å². The number of nitrogens with one attached hydrogen (secondary N) is 1. The first-order valence-corrected chi connectivity index (χ1v) is 11.2. The predicted octanol–water partition coefficient (Wildman–Crippen LogP) is 1.17. The first-order chi connectivity index (χ1) is 12.6. The fraction of sp³-hybridized carbons (Fsp3) is 0.650. The fourth-order valence-electron chi connectivity index (χ4n) is 4.17. The molecule has 0 saturated carbocycles. The topological polar surface area (TPSA) is 65.0 Å². The molecule has 0 radical (unpaired) electrons. The highest BCUT2D eigenvalue weighted by molar-refractivity contribution is 7.92. The molecule has 1 aliphatic carbocycles. The van der Waals surface area contributed by atoms with Crippen molar-refractivity contribution >= 4 is 15.8 Å². The van der Waals surface area contributed by atoms with Crippen LogP contribution in [0.5, 0.6) is 0 Å². The smallest absolute Gasteiger partial charge is 0.193 e. The summed E-state index contributed by atoms with van der Waals surface area (Å²) in [4.78, 5) is 8.82. The van der Waals surface area contributed by atoms with Gasteiger partial charge in [0.25, 0.3) is 0 Å². The Balaban J connectivity index is 1.72. The van der Waals surface area contributed by atoms with Crippen LogP contribution in [0.2, 0.25) is 0 Å². The molecule has 0 atom stereocenters. The minimum atomic E-state index is -3.06. The molecule has 150 valence electrons. The third-order valence-corrected chi connectivity index (χ3v) is 8.77. The lowest BCUT2D eigenvalue weighted by Gasteiger charge is -2.41. The Bertz CT molecular complexity index is 805. The lowest BCUT2D eigenvalue weighted by Crippen LogP contribution is -2.60. The second kappa shape index (κ2) is 7.09. The van der Waals surface area contributed by atoms with Gasteiger partial charge in [-0.05, 0) is 51.9 Å². The highest BCUT2D eigenvalue weighted by atomic mass is 32.2. The Morgan fingerprint density at radius 1 is 1.22 bits per heavy atom. The minimum Gasteiger partial charge on any atom is -0.354 e. The Morgan fingerprint density at radius 2 is 1.81 bits per heavy atom. The molecule has 1 saturated heterocycles. The molecule has 6 nitrogen and oxygen atoms in total. The summed E-state index contributed by atoms with van der Waals surface area (Å²) in [6.07, 6.45) is 2.00. The number of nitrogens with zero attached hydrogens (tertiary/aromatic N) is 3. The zero-order valence-corrected chi connectivity index (χ0v) is 17.9. The van der Waals surface area contributed by atoms with Crippen LogP contribution in [0.15, 0.2) is 29.3 Å². The van der Waals surface area contributed by atoms with Gasteiger partial charge >= 0.3 is 0 Å². The van der Waals surface area contributed by atoms with Crippen molar-refractivity contribution < 1.29 is 8.42 Å². The van der Waals surface area contributed by atoms with Crippen LogP contribution in [0.4, 0.5) is 0 Å². The van der Waals surface area contributed by atoms with E-state index in [9.17, 15) is 8.42 Å². The average Bonchev–Trinajstić information content (AvgIpc) is 2.98. The van der Waals surface area contributed by atoms with Crippen molar-refractivity contribution in [3.63, 3.8) is 0 Å². The van der Waals surface area contributed by atoms with Gasteiger partial charge < -0.3 is 15.1 Å². The van der Waals surface area contributed by atoms with Crippen LogP contribution < -0.4 is 5.32 Å². The summed E-state index contributed by atoms with van der Waals surface area (Å²) in [5, 5.41) is 3.54. The number of sulfone groups is 1. The molecule has 3 rings (SSSR count). The summed E-state index contributed by atoms with van der Waals surface area (Å²) >= 11 is 0. The Hall–Kier alpha value is -1.60. The molecule has 1 heterocycles. The summed E-state index contributed by atoms with van der Waals surface area (Å²) < 4.78 is 23.8. The summed E-state index contributed by atoms with van der Waals surface area (Å²) in [5.74, 6) is 0.959. The van der Waals surface area contributed by atoms with Crippen LogP contribution >= 0.6 is 0 Å². The third-order valence-electron chi connectivity index (χ3n) is 6.24. The van der Waals surface area contributed by atoms with E-state index in [4.69, 9.17) is 0 Å². The van der Waals surface area contributed by atoms with Crippen molar-refractivity contribution in [2.24, 2.45) is 4.99 Å². The largest absolute Gasteiger partial charge is 0.354 e. The van der Waals surface area contributed by atoms with Crippen molar-refractivity contribution in [2.45, 2.75) is 37.0 Å². The van der Waals surface area contributed by atoms with E-state index in [1.807, 2.05) is 0 Å². The van der Waals surface area contributed by atoms with Gasteiger partial charge in [0.15, 0.2) is 15.8 Å². The Labute approximate surface area is 163 Å². The number of guanidine groups is 1. The van der Waals surface area contributed by atoms with Gasteiger partial charge in [0, 0.05) is 32.2 Å². The molecular formula is C20H32N4O2S. The van der Waals surface area contributed by atoms with Gasteiger partial charge in [-0.25, -0.2) is 8.42 Å². The number of hydrogen-bond acceptors (Lipinski definition) is 4. The van der Waals surface area contributed by atoms with E-state index in [0.29, 0.717) is 13.1 Å². The molecular weight excluding hydrogens is 360 g/mol. The van der Waals surface area contributed by atoms with Crippen LogP contribution in [-0.2, 0) is 22.7 Å². The summed E-state index contributed by atoms with van der Waals surface area (Å²) in [6.45, 7) is 5.32. The van der Waals surface area contributed by atoms with Crippen molar-refractivity contribution in [3.05, 3.63) is 35.4 Å². The standard InChI is InChI=1S/C20H32N4O2S/c1-19(2)15-24(10-11-27(19,25)26)18(21-3)22-14-20(23(4)5)12-16-8-6-7-9-17(16)13-20/h6-9H,10-15H2,1-5H3,(H,21,22). The van der Waals surface area contributed by atoms with Crippen molar-refractivity contribution in [2.75, 3.05) is 46.5 Å². The minimum absolute atomic E-state index is 0.00297. The zero-order chi connectivity index (χ0) is 19.9. The number of hydrogen-bond donors (Lipinski definition) is 1. The molecule has 2 aliphatic rings. The second-order valence-electron chi connectivity index (χ2n) is 8.64. The first kappa shape index (κ1) is 20.1. The van der Waals surface area contributed by atoms with Crippen LogP contribution in [-0.4, -0.2) is 81.0 Å². The maximum Gasteiger partial charge on any atom is 0.193 e. The molecule has 1 aliphatic heterocycles. The Morgan fingerprint density at radius 3 is 2.30 bits per heavy atom. The van der Waals surface area contributed by atoms with E-state index >= 15 is 0 Å². The van der Waals surface area contributed by atoms with E-state index in [0.717, 1.165) is 25.3 Å². The number of rotatable bonds is 3. The van der Waals surface area contributed by atoms with Crippen molar-refractivity contribution in [3.8, 4) is 0 Å². The maximum atomic E-state index is 12.3. The molecule has 1 fully saturated rings. The molecule has 27 heavy (non-hydrogen) atoms. The molecule has 1 N–H and O–H groups in total. The first-order valence-electron chi connectivity index (χ1n) is 9.52. The monoisotopic (exact) mass is 392 g/mol. The van der Waals surface area contributed by atoms with Crippen LogP contribution in [0.25, 0.3) is 0 Å². The van der Waals surface area contributed by atoms with E-state index in [1.165, 1.54) is 11.1 Å². The summed E-state index contributed by atoms with van der Waals surface area (Å²) in [6, 6.07) is 8.64. The molecule has 7 heteroatoms. The van der Waals surface area contributed by atoms with Crippen LogP contribution in [0, 0.1) is 0 Å². The second-order valence-corrected chi connectivity index (χ2v) is 11.4. The lowest BCUT2D eigenvalue weighted by atomic mass is 9.94. The van der Waals surface area contributed by atoms with Gasteiger partial charge in [0.2, 0.25) is 0 Å². The Kier molecular flexibility index (Phi) is 5.29. The van der Waals surface area contributed by atoms with Gasteiger partial charge in [-0.1, -0.05) is 24.3 Å². The fourth-order valence-corrected chi connectivity index (χ4v) is 5.54. The summed E-state index contributed by atoms with van der Waals surface area (Å²) in [5.41, 5.74) is 2.82. The maximum absolute atomic E-state index is 12.3. The lowest BCUT2D eigenvalue weighted by molar-refractivity contribution is 0.163. The number of likely N-dealkylation sites (N-methyl/N-ethyl adjacent to an activating group) is 1. The van der Waals surface area contributed by atoms with E-state index in [2.05, 4.69) is 58.5 Å². The highest BCUT2D eigenvalue weighted by Gasteiger charge is 2.42. The van der Waals surface area contributed by atoms with Crippen LogP contribution in [0.1, 0.15) is 25.0 Å². The third kappa shape index (κ3) is 3.72. The highest BCUT2D eigenvalue weighted by Crippen LogP contribution is 2.33. The van der Waals surface area contributed by atoms with Gasteiger partial charge in [-0.15, -0.1) is 0 Å². The molecule has 1 aromatic rings. The number of fused-ring (bicyclic) bond motifs is 1. The molecule has 0 aromatic heterocycles. The van der Waals surface area contributed by atoms with Gasteiger partial charge in [-0.2, -0.15) is 0 Å². The van der Waals surface area contributed by atoms with Crippen molar-refractivity contribution in [1.82, 2.24) is 15.1 Å². The van der Waals surface area contributed by atoms with Crippen molar-refractivity contribution in [1.29, 1.82) is 0 Å². The SMILES string of the molecule is CN=C(NCC1(N(C)C)Cc2ccccc2C1)N1CCS(=O)(=O)C(C)(C)C1. The predicted molar refractivity (Wildman–Crippen MR) is 111 cm³/mol. The molecule has 0 amide bonds. The van der Waals surface area contributed by atoms with Gasteiger partial charge in [-0.3, -0.25) is 4.99 Å². The van der Waals surface area contributed by atoms with Crippen LogP contribution in [0.3, 0.4) is 0 Å². The average molecular weight is 393 g/mol. The normalized spacial score (nSPS) is 23.3. The molecule has 1 aromatic carbocycles. The summed E-state index contributed by atoms with van der Waals surface area (Å²) in [7, 11) is 2.97. The van der Waals surface area contributed by atoms with Gasteiger partial charge in [0.05, 0.1) is 10.5 Å². The number of aliphatic imine (C=N–C) groups is 1. The van der Waals surface area contributed by atoms with E-state index < -0.39 is 14.6 Å². The molecule has 0 spiro atoms. The van der Waals surface area contributed by atoms with E-state index in [-0.39, 0.29) is 11.3 Å². The zero-order valence-electron chi connectivity index (χ0n) is 17.1. The molecule has 0 bridgehead atoms. The quantitative estimate of drug-likeness (QED) is 0.618. The van der Waals surface area contributed by atoms with E-state index in [1.54, 1.807) is 20.9 Å². The molecule has 0 unspecified atom stereocenters. The number of benzene rings is 1.